The summed E-state index contributed by atoms with van der Waals surface area (Å²) >= 11 is 5.95. The van der Waals surface area contributed by atoms with Crippen LogP contribution in [-0.4, -0.2) is 4.98 Å². The van der Waals surface area contributed by atoms with Gasteiger partial charge in [0, 0.05) is 22.2 Å². The summed E-state index contributed by atoms with van der Waals surface area (Å²) in [4.78, 5) is 4.30. The lowest BCUT2D eigenvalue weighted by Gasteiger charge is -2.18. The normalized spacial score (nSPS) is 12.5. The van der Waals surface area contributed by atoms with Gasteiger partial charge in [-0.15, -0.1) is 0 Å². The van der Waals surface area contributed by atoms with Gasteiger partial charge in [-0.2, -0.15) is 0 Å². The van der Waals surface area contributed by atoms with Gasteiger partial charge in [-0.3, -0.25) is 10.8 Å². The van der Waals surface area contributed by atoms with Gasteiger partial charge in [0.2, 0.25) is 0 Å². The van der Waals surface area contributed by atoms with Crippen LogP contribution in [0.3, 0.4) is 0 Å². The molecule has 106 valence electrons. The fourth-order valence-corrected chi connectivity index (χ4v) is 2.54. The van der Waals surface area contributed by atoms with Crippen LogP contribution in [-0.2, 0) is 0 Å². The number of nitrogens with two attached hydrogens (primary N) is 1. The highest BCUT2D eigenvalue weighted by Gasteiger charge is 2.17. The predicted octanol–water partition coefficient (Wildman–Crippen LogP) is 3.58. The molecule has 0 aliphatic carbocycles. The number of benzene rings is 2. The zero-order valence-electron chi connectivity index (χ0n) is 11.1. The number of aromatic nitrogens is 1. The Kier molecular flexibility index (Phi) is 3.84. The molecule has 0 aliphatic rings. The van der Waals surface area contributed by atoms with E-state index in [1.807, 2.05) is 30.3 Å². The molecule has 0 fully saturated rings. The third-order valence-electron chi connectivity index (χ3n) is 3.40. The average Bonchev–Trinajstić information content (AvgIpc) is 2.51. The molecule has 3 N–H and O–H groups in total. The van der Waals surface area contributed by atoms with Crippen LogP contribution < -0.4 is 11.3 Å². The van der Waals surface area contributed by atoms with Gasteiger partial charge in [-0.1, -0.05) is 29.8 Å². The maximum absolute atomic E-state index is 14.0. The van der Waals surface area contributed by atoms with Gasteiger partial charge in [0.15, 0.2) is 0 Å². The Morgan fingerprint density at radius 3 is 2.81 bits per heavy atom. The van der Waals surface area contributed by atoms with E-state index in [4.69, 9.17) is 17.4 Å². The number of rotatable bonds is 3. The van der Waals surface area contributed by atoms with Crippen LogP contribution in [0.2, 0.25) is 5.02 Å². The Labute approximate surface area is 126 Å². The van der Waals surface area contributed by atoms with E-state index in [0.717, 1.165) is 16.5 Å². The first-order valence-corrected chi connectivity index (χ1v) is 6.82. The summed E-state index contributed by atoms with van der Waals surface area (Å²) in [7, 11) is 0. The van der Waals surface area contributed by atoms with Crippen molar-refractivity contribution in [1.82, 2.24) is 10.4 Å². The number of halogens is 2. The molecule has 5 heteroatoms. The molecule has 0 saturated heterocycles. The fraction of sp³-hybridized carbons (Fsp3) is 0.0625. The number of nitrogens with zero attached hydrogens (tertiary/aromatic N) is 1. The molecule has 3 rings (SSSR count). The number of hydrazine groups is 1. The minimum atomic E-state index is -0.491. The van der Waals surface area contributed by atoms with Crippen molar-refractivity contribution in [2.24, 2.45) is 5.84 Å². The maximum atomic E-state index is 14.0. The molecule has 1 unspecified atom stereocenters. The Morgan fingerprint density at radius 1 is 1.14 bits per heavy atom. The highest BCUT2D eigenvalue weighted by Crippen LogP contribution is 2.28. The Morgan fingerprint density at radius 2 is 2.00 bits per heavy atom. The van der Waals surface area contributed by atoms with E-state index in [0.29, 0.717) is 10.6 Å². The minimum Gasteiger partial charge on any atom is -0.271 e. The van der Waals surface area contributed by atoms with Crippen molar-refractivity contribution in [2.75, 3.05) is 0 Å². The molecule has 0 saturated carbocycles. The van der Waals surface area contributed by atoms with E-state index in [2.05, 4.69) is 10.4 Å². The van der Waals surface area contributed by atoms with Crippen LogP contribution in [0.25, 0.3) is 10.9 Å². The highest BCUT2D eigenvalue weighted by molar-refractivity contribution is 6.30. The molecule has 2 aromatic carbocycles. The molecule has 21 heavy (non-hydrogen) atoms. The smallest absolute Gasteiger partial charge is 0.128 e. The second-order valence-electron chi connectivity index (χ2n) is 4.72. The summed E-state index contributed by atoms with van der Waals surface area (Å²) in [5, 5.41) is 1.48. The van der Waals surface area contributed by atoms with Gasteiger partial charge in [-0.05, 0) is 35.9 Å². The van der Waals surface area contributed by atoms with E-state index >= 15 is 0 Å². The third kappa shape index (κ3) is 2.74. The van der Waals surface area contributed by atoms with E-state index < -0.39 is 6.04 Å². The lowest BCUT2D eigenvalue weighted by molar-refractivity contribution is 0.560. The zero-order chi connectivity index (χ0) is 14.8. The number of pyridine rings is 1. The summed E-state index contributed by atoms with van der Waals surface area (Å²) in [6.07, 6.45) is 1.72. The lowest BCUT2D eigenvalue weighted by atomic mass is 9.97. The van der Waals surface area contributed by atoms with Gasteiger partial charge < -0.3 is 0 Å². The van der Waals surface area contributed by atoms with E-state index in [-0.39, 0.29) is 5.82 Å². The molecule has 3 nitrogen and oxygen atoms in total. The highest BCUT2D eigenvalue weighted by atomic mass is 35.5. The first-order valence-electron chi connectivity index (χ1n) is 6.45. The predicted molar refractivity (Wildman–Crippen MR) is 82.3 cm³/mol. The van der Waals surface area contributed by atoms with Crippen molar-refractivity contribution in [1.29, 1.82) is 0 Å². The summed E-state index contributed by atoms with van der Waals surface area (Å²) in [6, 6.07) is 13.5. The molecular weight excluding hydrogens is 289 g/mol. The largest absolute Gasteiger partial charge is 0.271 e. The summed E-state index contributed by atoms with van der Waals surface area (Å²) < 4.78 is 14.0. The van der Waals surface area contributed by atoms with E-state index in [1.165, 1.54) is 12.1 Å². The second kappa shape index (κ2) is 5.77. The Bertz CT molecular complexity index is 791. The van der Waals surface area contributed by atoms with Crippen molar-refractivity contribution in [3.05, 3.63) is 76.7 Å². The SMILES string of the molecule is NNC(c1ccc2cccnc2c1)c1cc(Cl)ccc1F. The molecule has 1 aromatic heterocycles. The monoisotopic (exact) mass is 301 g/mol. The molecule has 3 aromatic rings. The Balaban J connectivity index is 2.11. The van der Waals surface area contributed by atoms with Gasteiger partial charge in [0.05, 0.1) is 11.6 Å². The van der Waals surface area contributed by atoms with Crippen molar-refractivity contribution < 1.29 is 4.39 Å². The third-order valence-corrected chi connectivity index (χ3v) is 3.63. The zero-order valence-corrected chi connectivity index (χ0v) is 11.8. The van der Waals surface area contributed by atoms with Crippen molar-refractivity contribution >= 4 is 22.5 Å². The second-order valence-corrected chi connectivity index (χ2v) is 5.16. The van der Waals surface area contributed by atoms with Gasteiger partial charge in [0.25, 0.3) is 0 Å². The molecule has 1 heterocycles. The Hall–Kier alpha value is -2.01. The standard InChI is InChI=1S/C16H13ClFN3/c17-12-5-6-14(18)13(9-12)16(21-19)11-4-3-10-2-1-7-20-15(10)8-11/h1-9,16,21H,19H2. The van der Waals surface area contributed by atoms with Gasteiger partial charge in [-0.25, -0.2) is 9.82 Å². The molecule has 0 amide bonds. The quantitative estimate of drug-likeness (QED) is 0.574. The topological polar surface area (TPSA) is 50.9 Å². The number of fused-ring (bicyclic) bond motifs is 1. The summed E-state index contributed by atoms with van der Waals surface area (Å²) in [5.74, 6) is 5.26. The fourth-order valence-electron chi connectivity index (χ4n) is 2.36. The van der Waals surface area contributed by atoms with Gasteiger partial charge >= 0.3 is 0 Å². The van der Waals surface area contributed by atoms with Crippen LogP contribution in [0.4, 0.5) is 4.39 Å². The van der Waals surface area contributed by atoms with Gasteiger partial charge in [0.1, 0.15) is 5.82 Å². The van der Waals surface area contributed by atoms with Crippen LogP contribution >= 0.6 is 11.6 Å². The molecule has 0 aliphatic heterocycles. The van der Waals surface area contributed by atoms with E-state index in [9.17, 15) is 4.39 Å². The van der Waals surface area contributed by atoms with Crippen LogP contribution in [0.5, 0.6) is 0 Å². The van der Waals surface area contributed by atoms with Crippen LogP contribution in [0.15, 0.2) is 54.7 Å². The molecule has 0 bridgehead atoms. The molecular formula is C16H13ClFN3. The first-order chi connectivity index (χ1) is 10.2. The van der Waals surface area contributed by atoms with Crippen molar-refractivity contribution in [3.63, 3.8) is 0 Å². The van der Waals surface area contributed by atoms with E-state index in [1.54, 1.807) is 12.3 Å². The molecule has 1 atom stereocenters. The van der Waals surface area contributed by atoms with Crippen LogP contribution in [0, 0.1) is 5.82 Å². The van der Waals surface area contributed by atoms with Crippen LogP contribution in [0.1, 0.15) is 17.2 Å². The lowest BCUT2D eigenvalue weighted by Crippen LogP contribution is -2.29. The van der Waals surface area contributed by atoms with Crippen molar-refractivity contribution in [2.45, 2.75) is 6.04 Å². The van der Waals surface area contributed by atoms with Crippen molar-refractivity contribution in [3.8, 4) is 0 Å². The summed E-state index contributed by atoms with van der Waals surface area (Å²) in [5.41, 5.74) is 4.70. The first kappa shape index (κ1) is 13.9. The summed E-state index contributed by atoms with van der Waals surface area (Å²) in [6.45, 7) is 0. The molecule has 0 spiro atoms. The number of hydrogen-bond donors (Lipinski definition) is 2. The maximum Gasteiger partial charge on any atom is 0.128 e. The number of nitrogens with one attached hydrogen (secondary N) is 1. The number of hydrogen-bond acceptors (Lipinski definition) is 3. The average molecular weight is 302 g/mol. The minimum absolute atomic E-state index is 0.358. The molecule has 0 radical (unpaired) electrons.